The molecule has 3 unspecified atom stereocenters. The molecule has 0 bridgehead atoms. The molecule has 1 aromatic heterocycles. The molecule has 0 aromatic carbocycles. The first-order valence-electron chi connectivity index (χ1n) is 7.23. The Morgan fingerprint density at radius 1 is 1.58 bits per heavy atom. The Morgan fingerprint density at radius 2 is 2.37 bits per heavy atom. The minimum atomic E-state index is 0.293. The third-order valence-corrected chi connectivity index (χ3v) is 4.85. The molecule has 0 amide bonds. The van der Waals surface area contributed by atoms with Crippen molar-refractivity contribution in [1.82, 2.24) is 10.3 Å². The highest BCUT2D eigenvalue weighted by molar-refractivity contribution is 7.15. The number of anilines is 1. The Kier molecular flexibility index (Phi) is 5.19. The number of hydrogen-bond donors (Lipinski definition) is 1. The van der Waals surface area contributed by atoms with Gasteiger partial charge in [0.25, 0.3) is 0 Å². The first-order chi connectivity index (χ1) is 9.15. The van der Waals surface area contributed by atoms with Crippen molar-refractivity contribution in [3.05, 3.63) is 11.1 Å². The van der Waals surface area contributed by atoms with Gasteiger partial charge in [0.1, 0.15) is 0 Å². The summed E-state index contributed by atoms with van der Waals surface area (Å²) in [6.07, 6.45) is 3.41. The molecule has 1 N–H and O–H groups in total. The van der Waals surface area contributed by atoms with Crippen molar-refractivity contribution in [2.45, 2.75) is 52.3 Å². The van der Waals surface area contributed by atoms with Gasteiger partial charge in [-0.15, -0.1) is 11.3 Å². The SMILES string of the molecule is CCNC(C)c1cnc(N2CC(C)OCC2CC)s1. The summed E-state index contributed by atoms with van der Waals surface area (Å²) < 4.78 is 5.75. The smallest absolute Gasteiger partial charge is 0.185 e. The second-order valence-electron chi connectivity index (χ2n) is 5.18. The number of aromatic nitrogens is 1. The number of nitrogens with one attached hydrogen (secondary N) is 1. The molecule has 19 heavy (non-hydrogen) atoms. The molecule has 108 valence electrons. The van der Waals surface area contributed by atoms with E-state index in [0.717, 1.165) is 31.2 Å². The number of hydrogen-bond acceptors (Lipinski definition) is 5. The average Bonchev–Trinajstić information content (AvgIpc) is 2.88. The summed E-state index contributed by atoms with van der Waals surface area (Å²) in [6, 6.07) is 0.847. The Hall–Kier alpha value is -0.650. The standard InChI is InChI=1S/C14H25N3OS/c1-5-12-9-18-10(3)8-17(12)14-16-7-13(19-14)11(4)15-6-2/h7,10-12,15H,5-6,8-9H2,1-4H3. The molecule has 1 saturated heterocycles. The number of thiazole rings is 1. The highest BCUT2D eigenvalue weighted by Crippen LogP contribution is 2.30. The number of morpholine rings is 1. The molecule has 0 aliphatic carbocycles. The quantitative estimate of drug-likeness (QED) is 0.901. The van der Waals surface area contributed by atoms with Gasteiger partial charge in [-0.1, -0.05) is 13.8 Å². The Labute approximate surface area is 120 Å². The van der Waals surface area contributed by atoms with Crippen LogP contribution in [0.5, 0.6) is 0 Å². The van der Waals surface area contributed by atoms with E-state index in [-0.39, 0.29) is 0 Å². The second kappa shape index (κ2) is 6.68. The summed E-state index contributed by atoms with van der Waals surface area (Å²) in [5.41, 5.74) is 0. The summed E-state index contributed by atoms with van der Waals surface area (Å²) in [5, 5.41) is 4.58. The minimum Gasteiger partial charge on any atom is -0.375 e. The minimum absolute atomic E-state index is 0.293. The molecule has 0 saturated carbocycles. The molecule has 1 fully saturated rings. The lowest BCUT2D eigenvalue weighted by molar-refractivity contribution is 0.0299. The summed E-state index contributed by atoms with van der Waals surface area (Å²) in [4.78, 5) is 8.35. The van der Waals surface area contributed by atoms with E-state index in [2.05, 4.69) is 42.9 Å². The molecule has 5 heteroatoms. The van der Waals surface area contributed by atoms with Crippen molar-refractivity contribution in [1.29, 1.82) is 0 Å². The van der Waals surface area contributed by atoms with Crippen LogP contribution < -0.4 is 10.2 Å². The van der Waals surface area contributed by atoms with E-state index < -0.39 is 0 Å². The third kappa shape index (κ3) is 3.46. The molecule has 3 atom stereocenters. The molecule has 2 heterocycles. The van der Waals surface area contributed by atoms with Crippen molar-refractivity contribution in [2.24, 2.45) is 0 Å². The van der Waals surface area contributed by atoms with Crippen LogP contribution in [-0.2, 0) is 4.74 Å². The average molecular weight is 283 g/mol. The van der Waals surface area contributed by atoms with E-state index >= 15 is 0 Å². The van der Waals surface area contributed by atoms with Gasteiger partial charge in [0.05, 0.1) is 18.8 Å². The zero-order chi connectivity index (χ0) is 13.8. The highest BCUT2D eigenvalue weighted by atomic mass is 32.1. The molecular weight excluding hydrogens is 258 g/mol. The van der Waals surface area contributed by atoms with Crippen LogP contribution in [0.3, 0.4) is 0 Å². The first kappa shape index (κ1) is 14.8. The molecule has 1 aromatic rings. The lowest BCUT2D eigenvalue weighted by Crippen LogP contribution is -2.48. The monoisotopic (exact) mass is 283 g/mol. The molecule has 0 spiro atoms. The third-order valence-electron chi connectivity index (χ3n) is 3.63. The van der Waals surface area contributed by atoms with Crippen LogP contribution in [0.15, 0.2) is 6.20 Å². The van der Waals surface area contributed by atoms with Crippen LogP contribution in [0, 0.1) is 0 Å². The van der Waals surface area contributed by atoms with Crippen molar-refractivity contribution in [3.8, 4) is 0 Å². The van der Waals surface area contributed by atoms with Crippen molar-refractivity contribution in [3.63, 3.8) is 0 Å². The Balaban J connectivity index is 2.11. The van der Waals surface area contributed by atoms with E-state index in [1.165, 1.54) is 4.88 Å². The van der Waals surface area contributed by atoms with Crippen LogP contribution in [0.2, 0.25) is 0 Å². The second-order valence-corrected chi connectivity index (χ2v) is 6.22. The summed E-state index contributed by atoms with van der Waals surface area (Å²) in [5.74, 6) is 0. The van der Waals surface area contributed by atoms with Crippen molar-refractivity contribution in [2.75, 3.05) is 24.6 Å². The maximum absolute atomic E-state index is 5.75. The van der Waals surface area contributed by atoms with Crippen LogP contribution in [0.4, 0.5) is 5.13 Å². The van der Waals surface area contributed by atoms with E-state index in [1.807, 2.05) is 6.20 Å². The summed E-state index contributed by atoms with van der Waals surface area (Å²) in [6.45, 7) is 11.4. The molecule has 2 rings (SSSR count). The van der Waals surface area contributed by atoms with Crippen molar-refractivity contribution >= 4 is 16.5 Å². The van der Waals surface area contributed by atoms with E-state index in [4.69, 9.17) is 4.74 Å². The van der Waals surface area contributed by atoms with E-state index in [1.54, 1.807) is 11.3 Å². The number of rotatable bonds is 5. The number of nitrogens with zero attached hydrogens (tertiary/aromatic N) is 2. The maximum atomic E-state index is 5.75. The molecule has 0 radical (unpaired) electrons. The van der Waals surface area contributed by atoms with Gasteiger partial charge in [0, 0.05) is 23.7 Å². The fourth-order valence-corrected chi connectivity index (χ4v) is 3.46. The zero-order valence-corrected chi connectivity index (χ0v) is 13.2. The van der Waals surface area contributed by atoms with Gasteiger partial charge in [-0.3, -0.25) is 0 Å². The fourth-order valence-electron chi connectivity index (χ4n) is 2.43. The van der Waals surface area contributed by atoms with Gasteiger partial charge in [-0.05, 0) is 26.8 Å². The largest absolute Gasteiger partial charge is 0.375 e. The normalized spacial score (nSPS) is 25.6. The van der Waals surface area contributed by atoms with E-state index in [0.29, 0.717) is 18.2 Å². The van der Waals surface area contributed by atoms with Gasteiger partial charge in [-0.25, -0.2) is 4.98 Å². The predicted molar refractivity (Wildman–Crippen MR) is 81.0 cm³/mol. The fraction of sp³-hybridized carbons (Fsp3) is 0.786. The lowest BCUT2D eigenvalue weighted by atomic mass is 10.1. The van der Waals surface area contributed by atoms with E-state index in [9.17, 15) is 0 Å². The van der Waals surface area contributed by atoms with Crippen LogP contribution >= 0.6 is 11.3 Å². The summed E-state index contributed by atoms with van der Waals surface area (Å²) >= 11 is 1.81. The molecule has 1 aliphatic rings. The topological polar surface area (TPSA) is 37.4 Å². The molecular formula is C14H25N3OS. The first-order valence-corrected chi connectivity index (χ1v) is 8.04. The van der Waals surface area contributed by atoms with Gasteiger partial charge < -0.3 is 15.0 Å². The molecule has 1 aliphatic heterocycles. The van der Waals surface area contributed by atoms with Gasteiger partial charge in [-0.2, -0.15) is 0 Å². The zero-order valence-electron chi connectivity index (χ0n) is 12.3. The number of ether oxygens (including phenoxy) is 1. The van der Waals surface area contributed by atoms with Crippen molar-refractivity contribution < 1.29 is 4.74 Å². The van der Waals surface area contributed by atoms with Gasteiger partial charge in [0.2, 0.25) is 0 Å². The van der Waals surface area contributed by atoms with Crippen LogP contribution in [-0.4, -0.2) is 36.8 Å². The Morgan fingerprint density at radius 3 is 3.05 bits per heavy atom. The van der Waals surface area contributed by atoms with Crippen LogP contribution in [0.25, 0.3) is 0 Å². The predicted octanol–water partition coefficient (Wildman–Crippen LogP) is 2.82. The lowest BCUT2D eigenvalue weighted by Gasteiger charge is -2.38. The maximum Gasteiger partial charge on any atom is 0.185 e. The molecule has 4 nitrogen and oxygen atoms in total. The Bertz CT molecular complexity index is 396. The van der Waals surface area contributed by atoms with Gasteiger partial charge in [0.15, 0.2) is 5.13 Å². The summed E-state index contributed by atoms with van der Waals surface area (Å²) in [7, 11) is 0. The van der Waals surface area contributed by atoms with Gasteiger partial charge >= 0.3 is 0 Å². The highest BCUT2D eigenvalue weighted by Gasteiger charge is 2.27. The van der Waals surface area contributed by atoms with Crippen LogP contribution in [0.1, 0.15) is 45.0 Å².